The third kappa shape index (κ3) is 4.35. The topological polar surface area (TPSA) is 29.5 Å². The minimum absolute atomic E-state index is 0.0854. The van der Waals surface area contributed by atoms with Crippen molar-refractivity contribution in [1.82, 2.24) is 4.90 Å². The number of hydrogen-bond donors (Lipinski definition) is 0. The molecule has 3 nitrogen and oxygen atoms in total. The molecular formula is C19H23NO2. The minimum Gasteiger partial charge on any atom is -0.457 e. The van der Waals surface area contributed by atoms with Gasteiger partial charge in [0, 0.05) is 18.7 Å². The van der Waals surface area contributed by atoms with Gasteiger partial charge in [0.2, 0.25) is 0 Å². The zero-order valence-electron chi connectivity index (χ0n) is 13.3. The van der Waals surface area contributed by atoms with Crippen molar-refractivity contribution in [2.75, 3.05) is 13.1 Å². The largest absolute Gasteiger partial charge is 0.457 e. The number of carbonyl (C=O) groups is 1. The lowest BCUT2D eigenvalue weighted by Gasteiger charge is -2.20. The molecule has 0 aliphatic rings. The van der Waals surface area contributed by atoms with Crippen molar-refractivity contribution in [3.05, 3.63) is 60.2 Å². The van der Waals surface area contributed by atoms with Crippen molar-refractivity contribution in [2.24, 2.45) is 0 Å². The maximum absolute atomic E-state index is 12.4. The number of nitrogens with zero attached hydrogens (tertiary/aromatic N) is 1. The Bertz CT molecular complexity index is 578. The van der Waals surface area contributed by atoms with E-state index in [9.17, 15) is 4.79 Å². The first-order chi connectivity index (χ1) is 10.7. The fraction of sp³-hybridized carbons (Fsp3) is 0.316. The molecule has 0 radical (unpaired) electrons. The zero-order chi connectivity index (χ0) is 15.8. The van der Waals surface area contributed by atoms with E-state index in [0.717, 1.165) is 37.4 Å². The molecule has 0 spiro atoms. The molecule has 0 saturated carbocycles. The maximum atomic E-state index is 12.4. The molecule has 0 aliphatic carbocycles. The second kappa shape index (κ2) is 8.23. The molecular weight excluding hydrogens is 274 g/mol. The van der Waals surface area contributed by atoms with E-state index in [1.165, 1.54) is 0 Å². The highest BCUT2D eigenvalue weighted by Gasteiger charge is 2.13. The van der Waals surface area contributed by atoms with Crippen molar-refractivity contribution in [2.45, 2.75) is 26.7 Å². The van der Waals surface area contributed by atoms with E-state index in [1.54, 1.807) is 0 Å². The molecule has 3 heteroatoms. The van der Waals surface area contributed by atoms with Gasteiger partial charge in [-0.1, -0.05) is 31.5 Å². The number of ether oxygens (including phenoxy) is 1. The highest BCUT2D eigenvalue weighted by molar-refractivity contribution is 5.94. The van der Waals surface area contributed by atoms with Crippen LogP contribution < -0.4 is 4.74 Å². The van der Waals surface area contributed by atoms with Gasteiger partial charge in [0.25, 0.3) is 5.91 Å². The van der Waals surface area contributed by atoms with Gasteiger partial charge in [0.1, 0.15) is 11.5 Å². The Hall–Kier alpha value is -2.29. The molecule has 0 heterocycles. The Morgan fingerprint density at radius 2 is 1.59 bits per heavy atom. The summed E-state index contributed by atoms with van der Waals surface area (Å²) in [5.41, 5.74) is 0.707. The molecule has 2 aromatic rings. The Morgan fingerprint density at radius 3 is 2.18 bits per heavy atom. The van der Waals surface area contributed by atoms with Gasteiger partial charge >= 0.3 is 0 Å². The van der Waals surface area contributed by atoms with E-state index < -0.39 is 0 Å². The van der Waals surface area contributed by atoms with E-state index in [1.807, 2.05) is 66.4 Å². The van der Waals surface area contributed by atoms with Crippen LogP contribution in [0.4, 0.5) is 0 Å². The van der Waals surface area contributed by atoms with Crippen LogP contribution >= 0.6 is 0 Å². The van der Waals surface area contributed by atoms with Crippen LogP contribution in [0.3, 0.4) is 0 Å². The van der Waals surface area contributed by atoms with E-state index in [4.69, 9.17) is 4.74 Å². The second-order valence-corrected chi connectivity index (χ2v) is 5.18. The van der Waals surface area contributed by atoms with Crippen LogP contribution in [-0.4, -0.2) is 23.9 Å². The van der Waals surface area contributed by atoms with Crippen molar-refractivity contribution < 1.29 is 9.53 Å². The van der Waals surface area contributed by atoms with Gasteiger partial charge in [0.15, 0.2) is 0 Å². The summed E-state index contributed by atoms with van der Waals surface area (Å²) >= 11 is 0. The van der Waals surface area contributed by atoms with Crippen LogP contribution in [0.2, 0.25) is 0 Å². The highest BCUT2D eigenvalue weighted by Crippen LogP contribution is 2.21. The average Bonchev–Trinajstić information content (AvgIpc) is 2.57. The molecule has 0 unspecified atom stereocenters. The van der Waals surface area contributed by atoms with Crippen molar-refractivity contribution in [1.29, 1.82) is 0 Å². The number of rotatable bonds is 7. The lowest BCUT2D eigenvalue weighted by molar-refractivity contribution is 0.0762. The van der Waals surface area contributed by atoms with Crippen LogP contribution in [0.1, 0.15) is 37.0 Å². The third-order valence-corrected chi connectivity index (χ3v) is 3.53. The zero-order valence-corrected chi connectivity index (χ0v) is 13.3. The SMILES string of the molecule is CCCCN(CC)C(=O)c1ccc(Oc2ccccc2)cc1. The summed E-state index contributed by atoms with van der Waals surface area (Å²) in [5.74, 6) is 1.61. The second-order valence-electron chi connectivity index (χ2n) is 5.18. The molecule has 1 amide bonds. The van der Waals surface area contributed by atoms with Crippen LogP contribution in [0.15, 0.2) is 54.6 Å². The molecule has 2 aromatic carbocycles. The first-order valence-corrected chi connectivity index (χ1v) is 7.86. The predicted molar refractivity (Wildman–Crippen MR) is 89.4 cm³/mol. The Labute approximate surface area is 132 Å². The number of para-hydroxylation sites is 1. The molecule has 2 rings (SSSR count). The smallest absolute Gasteiger partial charge is 0.253 e. The summed E-state index contributed by atoms with van der Waals surface area (Å²) in [6.45, 7) is 5.70. The molecule has 0 aromatic heterocycles. The molecule has 0 saturated heterocycles. The van der Waals surface area contributed by atoms with Crippen molar-refractivity contribution in [3.8, 4) is 11.5 Å². The van der Waals surface area contributed by atoms with Crippen LogP contribution in [0.5, 0.6) is 11.5 Å². The summed E-state index contributed by atoms with van der Waals surface area (Å²) in [7, 11) is 0. The molecule has 22 heavy (non-hydrogen) atoms. The number of benzene rings is 2. The van der Waals surface area contributed by atoms with Crippen LogP contribution in [0, 0.1) is 0 Å². The van der Waals surface area contributed by atoms with Crippen LogP contribution in [-0.2, 0) is 0 Å². The number of carbonyl (C=O) groups excluding carboxylic acids is 1. The number of hydrogen-bond acceptors (Lipinski definition) is 2. The summed E-state index contributed by atoms with van der Waals surface area (Å²) in [4.78, 5) is 14.3. The monoisotopic (exact) mass is 297 g/mol. The normalized spacial score (nSPS) is 10.3. The summed E-state index contributed by atoms with van der Waals surface area (Å²) in [5, 5.41) is 0. The third-order valence-electron chi connectivity index (χ3n) is 3.53. The first kappa shape index (κ1) is 16.1. The van der Waals surface area contributed by atoms with E-state index >= 15 is 0 Å². The molecule has 0 fully saturated rings. The quantitative estimate of drug-likeness (QED) is 0.738. The fourth-order valence-electron chi connectivity index (χ4n) is 2.22. The maximum Gasteiger partial charge on any atom is 0.253 e. The van der Waals surface area contributed by atoms with E-state index in [0.29, 0.717) is 5.56 Å². The predicted octanol–water partition coefficient (Wildman–Crippen LogP) is 4.74. The van der Waals surface area contributed by atoms with Gasteiger partial charge < -0.3 is 9.64 Å². The van der Waals surface area contributed by atoms with Crippen LogP contribution in [0.25, 0.3) is 0 Å². The summed E-state index contributed by atoms with van der Waals surface area (Å²) in [6.07, 6.45) is 2.13. The van der Waals surface area contributed by atoms with E-state index in [-0.39, 0.29) is 5.91 Å². The van der Waals surface area contributed by atoms with Gasteiger partial charge in [-0.25, -0.2) is 0 Å². The molecule has 0 N–H and O–H groups in total. The molecule has 0 aliphatic heterocycles. The van der Waals surface area contributed by atoms with E-state index in [2.05, 4.69) is 6.92 Å². The fourth-order valence-corrected chi connectivity index (χ4v) is 2.22. The van der Waals surface area contributed by atoms with Gasteiger partial charge in [0.05, 0.1) is 0 Å². The molecule has 0 atom stereocenters. The highest BCUT2D eigenvalue weighted by atomic mass is 16.5. The minimum atomic E-state index is 0.0854. The van der Waals surface area contributed by atoms with Crippen molar-refractivity contribution >= 4 is 5.91 Å². The molecule has 116 valence electrons. The number of unbranched alkanes of at least 4 members (excludes halogenated alkanes) is 1. The van der Waals surface area contributed by atoms with Gasteiger partial charge in [-0.05, 0) is 49.7 Å². The Morgan fingerprint density at radius 1 is 0.955 bits per heavy atom. The lowest BCUT2D eigenvalue weighted by atomic mass is 10.2. The average molecular weight is 297 g/mol. The number of amides is 1. The lowest BCUT2D eigenvalue weighted by Crippen LogP contribution is -2.31. The standard InChI is InChI=1S/C19H23NO2/c1-3-5-15-20(4-2)19(21)16-11-13-18(14-12-16)22-17-9-7-6-8-10-17/h6-14H,3-5,15H2,1-2H3. The summed E-state index contributed by atoms with van der Waals surface area (Å²) < 4.78 is 5.74. The van der Waals surface area contributed by atoms with Gasteiger partial charge in [-0.2, -0.15) is 0 Å². The molecule has 0 bridgehead atoms. The Kier molecular flexibility index (Phi) is 6.01. The van der Waals surface area contributed by atoms with Crippen molar-refractivity contribution in [3.63, 3.8) is 0 Å². The van der Waals surface area contributed by atoms with Gasteiger partial charge in [-0.3, -0.25) is 4.79 Å². The Balaban J connectivity index is 2.03. The summed E-state index contributed by atoms with van der Waals surface area (Å²) in [6, 6.07) is 17.0. The van der Waals surface area contributed by atoms with Gasteiger partial charge in [-0.15, -0.1) is 0 Å². The first-order valence-electron chi connectivity index (χ1n) is 7.86.